The molecule has 11 heteroatoms. The van der Waals surface area contributed by atoms with Crippen LogP contribution in [0.2, 0.25) is 10.0 Å². The second-order valence-corrected chi connectivity index (χ2v) is 12.4. The molecule has 1 N–H and O–H groups in total. The van der Waals surface area contributed by atoms with Gasteiger partial charge in [-0.15, -0.1) is 0 Å². The molecule has 2 amide bonds. The fraction of sp³-hybridized carbons (Fsp3) is 0.300. The van der Waals surface area contributed by atoms with Crippen molar-refractivity contribution in [3.8, 4) is 0 Å². The second kappa shape index (κ2) is 14.5. The van der Waals surface area contributed by atoms with Crippen molar-refractivity contribution in [3.05, 3.63) is 99.5 Å². The van der Waals surface area contributed by atoms with E-state index in [-0.39, 0.29) is 30.3 Å². The van der Waals surface area contributed by atoms with E-state index in [9.17, 15) is 22.8 Å². The topological polar surface area (TPSA) is 104 Å². The number of Topliss-reactive ketones (excluding diaryl/α,β-unsaturated/α-hetero) is 1. The predicted molar refractivity (Wildman–Crippen MR) is 163 cm³/mol. The molecule has 3 rings (SSSR count). The third kappa shape index (κ3) is 9.05. The molecule has 0 heterocycles. The van der Waals surface area contributed by atoms with Crippen molar-refractivity contribution < 1.29 is 22.8 Å². The van der Waals surface area contributed by atoms with Crippen molar-refractivity contribution in [2.75, 3.05) is 23.7 Å². The normalized spacial score (nSPS) is 11.9. The summed E-state index contributed by atoms with van der Waals surface area (Å²) in [5.74, 6) is -1.25. The van der Waals surface area contributed by atoms with E-state index in [0.717, 1.165) is 16.1 Å². The summed E-state index contributed by atoms with van der Waals surface area (Å²) in [4.78, 5) is 40.9. The number of nitrogens with one attached hydrogen (secondary N) is 1. The summed E-state index contributed by atoms with van der Waals surface area (Å²) in [6.45, 7) is 3.02. The average molecular weight is 619 g/mol. The first-order chi connectivity index (χ1) is 19.4. The largest absolute Gasteiger partial charge is 0.354 e. The van der Waals surface area contributed by atoms with Gasteiger partial charge in [-0.25, -0.2) is 8.42 Å². The molecule has 0 aliphatic carbocycles. The number of amides is 2. The van der Waals surface area contributed by atoms with Crippen LogP contribution in [0, 0.1) is 0 Å². The van der Waals surface area contributed by atoms with E-state index < -0.39 is 28.5 Å². The van der Waals surface area contributed by atoms with Crippen LogP contribution >= 0.6 is 23.2 Å². The minimum atomic E-state index is -3.96. The van der Waals surface area contributed by atoms with Gasteiger partial charge in [0.2, 0.25) is 21.8 Å². The van der Waals surface area contributed by atoms with Crippen molar-refractivity contribution in [2.45, 2.75) is 39.3 Å². The Morgan fingerprint density at radius 2 is 1.66 bits per heavy atom. The molecule has 218 valence electrons. The van der Waals surface area contributed by atoms with Crippen LogP contribution < -0.4 is 9.62 Å². The second-order valence-electron chi connectivity index (χ2n) is 9.63. The van der Waals surface area contributed by atoms with Crippen molar-refractivity contribution in [2.24, 2.45) is 0 Å². The molecule has 0 radical (unpaired) electrons. The summed E-state index contributed by atoms with van der Waals surface area (Å²) in [6.07, 6.45) is 1.86. The van der Waals surface area contributed by atoms with Crippen molar-refractivity contribution in [3.63, 3.8) is 0 Å². The van der Waals surface area contributed by atoms with Crippen LogP contribution in [0.4, 0.5) is 5.69 Å². The Balaban J connectivity index is 2.09. The minimum Gasteiger partial charge on any atom is -0.354 e. The van der Waals surface area contributed by atoms with Gasteiger partial charge in [-0.05, 0) is 48.7 Å². The lowest BCUT2D eigenvalue weighted by molar-refractivity contribution is -0.140. The molecule has 0 saturated heterocycles. The van der Waals surface area contributed by atoms with Gasteiger partial charge in [-0.1, -0.05) is 78.7 Å². The number of nitrogens with zero attached hydrogens (tertiary/aromatic N) is 2. The smallest absolute Gasteiger partial charge is 0.244 e. The average Bonchev–Trinajstić information content (AvgIpc) is 2.93. The molecule has 0 aliphatic rings. The molecule has 0 bridgehead atoms. The number of halogens is 2. The number of carbonyl (C=O) groups excluding carboxylic acids is 3. The summed E-state index contributed by atoms with van der Waals surface area (Å²) in [6, 6.07) is 19.2. The lowest BCUT2D eigenvalue weighted by Gasteiger charge is -2.33. The highest BCUT2D eigenvalue weighted by molar-refractivity contribution is 7.92. The first-order valence-electron chi connectivity index (χ1n) is 13.0. The lowest BCUT2D eigenvalue weighted by Crippen LogP contribution is -2.53. The van der Waals surface area contributed by atoms with Crippen LogP contribution in [0.25, 0.3) is 0 Å². The van der Waals surface area contributed by atoms with E-state index in [4.69, 9.17) is 23.2 Å². The summed E-state index contributed by atoms with van der Waals surface area (Å²) in [5, 5.41) is 3.59. The van der Waals surface area contributed by atoms with Gasteiger partial charge in [-0.3, -0.25) is 18.7 Å². The van der Waals surface area contributed by atoms with Crippen LogP contribution in [-0.4, -0.2) is 56.3 Å². The first-order valence-corrected chi connectivity index (χ1v) is 15.6. The van der Waals surface area contributed by atoms with Gasteiger partial charge >= 0.3 is 0 Å². The minimum absolute atomic E-state index is 0.0725. The van der Waals surface area contributed by atoms with Gasteiger partial charge in [0, 0.05) is 35.1 Å². The van der Waals surface area contributed by atoms with Crippen molar-refractivity contribution >= 4 is 56.5 Å². The van der Waals surface area contributed by atoms with E-state index >= 15 is 0 Å². The van der Waals surface area contributed by atoms with E-state index in [1.807, 2.05) is 37.3 Å². The Bertz CT molecular complexity index is 1500. The summed E-state index contributed by atoms with van der Waals surface area (Å²) < 4.78 is 26.8. The van der Waals surface area contributed by atoms with Gasteiger partial charge in [0.15, 0.2) is 5.78 Å². The van der Waals surface area contributed by atoms with Gasteiger partial charge in [0.1, 0.15) is 12.6 Å². The van der Waals surface area contributed by atoms with E-state index in [2.05, 4.69) is 5.32 Å². The van der Waals surface area contributed by atoms with Crippen molar-refractivity contribution in [1.82, 2.24) is 10.2 Å². The summed E-state index contributed by atoms with van der Waals surface area (Å²) in [5.41, 5.74) is 1.82. The Morgan fingerprint density at radius 3 is 2.27 bits per heavy atom. The van der Waals surface area contributed by atoms with Crippen LogP contribution in [0.1, 0.15) is 41.8 Å². The Morgan fingerprint density at radius 1 is 0.951 bits per heavy atom. The number of hydrogen-bond acceptors (Lipinski definition) is 5. The highest BCUT2D eigenvalue weighted by Crippen LogP contribution is 2.25. The molecular weight excluding hydrogens is 585 g/mol. The molecular formula is C30H33Cl2N3O5S. The number of rotatable bonds is 13. The number of benzene rings is 3. The SMILES string of the molecule is CCCNC(=O)[C@@H](Cc1ccccc1)N(Cc1ccc(Cl)cc1Cl)C(=O)CN(c1cccc(C(C)=O)c1)S(C)(=O)=O. The highest BCUT2D eigenvalue weighted by Gasteiger charge is 2.33. The Kier molecular flexibility index (Phi) is 11.3. The van der Waals surface area contributed by atoms with Gasteiger partial charge in [0.25, 0.3) is 0 Å². The zero-order valence-corrected chi connectivity index (χ0v) is 25.5. The van der Waals surface area contributed by atoms with Gasteiger partial charge in [0.05, 0.1) is 11.9 Å². The maximum absolute atomic E-state index is 14.1. The van der Waals surface area contributed by atoms with E-state index in [0.29, 0.717) is 34.1 Å². The fourth-order valence-electron chi connectivity index (χ4n) is 4.25. The van der Waals surface area contributed by atoms with Crippen LogP contribution in [0.5, 0.6) is 0 Å². The zero-order valence-electron chi connectivity index (χ0n) is 23.1. The molecule has 0 fully saturated rings. The highest BCUT2D eigenvalue weighted by atomic mass is 35.5. The number of sulfonamides is 1. The number of anilines is 1. The monoisotopic (exact) mass is 617 g/mol. The molecule has 0 aromatic heterocycles. The third-order valence-corrected chi connectivity index (χ3v) is 8.12. The van der Waals surface area contributed by atoms with E-state index in [1.165, 1.54) is 24.0 Å². The van der Waals surface area contributed by atoms with E-state index in [1.54, 1.807) is 30.3 Å². The zero-order chi connectivity index (χ0) is 30.2. The number of hydrogen-bond donors (Lipinski definition) is 1. The maximum atomic E-state index is 14.1. The predicted octanol–water partition coefficient (Wildman–Crippen LogP) is 5.13. The quantitative estimate of drug-likeness (QED) is 0.268. The Labute approximate surface area is 251 Å². The number of carbonyl (C=O) groups is 3. The molecule has 0 unspecified atom stereocenters. The lowest BCUT2D eigenvalue weighted by atomic mass is 10.0. The number of ketones is 1. The van der Waals surface area contributed by atoms with Crippen LogP contribution in [-0.2, 0) is 32.6 Å². The summed E-state index contributed by atoms with van der Waals surface area (Å²) >= 11 is 12.6. The molecule has 3 aromatic carbocycles. The third-order valence-electron chi connectivity index (χ3n) is 6.40. The molecule has 3 aromatic rings. The first kappa shape index (κ1) is 32.1. The molecule has 1 atom stereocenters. The molecule has 8 nitrogen and oxygen atoms in total. The Hall–Kier alpha value is -3.40. The van der Waals surface area contributed by atoms with Gasteiger partial charge in [-0.2, -0.15) is 0 Å². The molecule has 0 spiro atoms. The van der Waals surface area contributed by atoms with Crippen LogP contribution in [0.3, 0.4) is 0 Å². The van der Waals surface area contributed by atoms with Crippen LogP contribution in [0.15, 0.2) is 72.8 Å². The maximum Gasteiger partial charge on any atom is 0.244 e. The fourth-order valence-corrected chi connectivity index (χ4v) is 5.56. The molecule has 41 heavy (non-hydrogen) atoms. The standard InChI is InChI=1S/C30H33Cl2N3O5S/c1-4-15-33-30(38)28(16-22-9-6-5-7-10-22)34(19-24-13-14-25(31)18-27(24)32)29(37)20-35(41(3,39)40)26-12-8-11-23(17-26)21(2)36/h5-14,17-18,28H,4,15-16,19-20H2,1-3H3,(H,33,38)/t28-/m1/s1. The molecule has 0 saturated carbocycles. The summed E-state index contributed by atoms with van der Waals surface area (Å²) in [7, 11) is -3.96. The van der Waals surface area contributed by atoms with Gasteiger partial charge < -0.3 is 10.2 Å². The molecule has 0 aliphatic heterocycles. The van der Waals surface area contributed by atoms with Crippen molar-refractivity contribution in [1.29, 1.82) is 0 Å².